The Morgan fingerprint density at radius 2 is 1.83 bits per heavy atom. The van der Waals surface area contributed by atoms with Gasteiger partial charge in [0.2, 0.25) is 0 Å². The Bertz CT molecular complexity index is 538. The van der Waals surface area contributed by atoms with Gasteiger partial charge in [0.25, 0.3) is 0 Å². The predicted molar refractivity (Wildman–Crippen MR) is 71.2 cm³/mol. The molecule has 0 spiro atoms. The molecule has 2 aromatic rings. The van der Waals surface area contributed by atoms with E-state index in [9.17, 15) is 9.50 Å². The molecule has 0 bridgehead atoms. The molecule has 0 aliphatic rings. The lowest BCUT2D eigenvalue weighted by Gasteiger charge is -2.09. The summed E-state index contributed by atoms with van der Waals surface area (Å²) in [5, 5.41) is 9.35. The number of halogens is 2. The van der Waals surface area contributed by atoms with Crippen LogP contribution in [0, 0.1) is 5.82 Å². The zero-order valence-electron chi connectivity index (χ0n) is 9.73. The molecule has 0 heterocycles. The van der Waals surface area contributed by atoms with Crippen LogP contribution >= 0.6 is 15.9 Å². The summed E-state index contributed by atoms with van der Waals surface area (Å²) in [7, 11) is 0. The molecule has 2 rings (SSSR count). The molecule has 0 radical (unpaired) electrons. The first-order valence-corrected chi connectivity index (χ1v) is 6.26. The number of ether oxygens (including phenoxy) is 1. The molecule has 2 nitrogen and oxygen atoms in total. The molecule has 1 N–H and O–H groups in total. The quantitative estimate of drug-likeness (QED) is 0.908. The second-order valence-corrected chi connectivity index (χ2v) is 4.84. The third-order valence-corrected chi connectivity index (χ3v) is 3.01. The van der Waals surface area contributed by atoms with Gasteiger partial charge >= 0.3 is 0 Å². The van der Waals surface area contributed by atoms with Crippen LogP contribution in [0.15, 0.2) is 46.9 Å². The summed E-state index contributed by atoms with van der Waals surface area (Å²) in [6.07, 6.45) is -0.693. The first-order valence-electron chi connectivity index (χ1n) is 5.47. The van der Waals surface area contributed by atoms with Crippen LogP contribution in [0.5, 0.6) is 11.5 Å². The van der Waals surface area contributed by atoms with Crippen LogP contribution in [0.4, 0.5) is 4.39 Å². The summed E-state index contributed by atoms with van der Waals surface area (Å²) >= 11 is 3.31. The third-order valence-electron chi connectivity index (χ3n) is 2.48. The lowest BCUT2D eigenvalue weighted by molar-refractivity contribution is 0.198. The Kier molecular flexibility index (Phi) is 3.99. The van der Waals surface area contributed by atoms with Crippen molar-refractivity contribution in [1.82, 2.24) is 0 Å². The molecule has 0 saturated carbocycles. The van der Waals surface area contributed by atoms with Crippen molar-refractivity contribution >= 4 is 15.9 Å². The molecular weight excluding hydrogens is 299 g/mol. The fourth-order valence-corrected chi connectivity index (χ4v) is 1.75. The standard InChI is InChI=1S/C14H12BrFO2/c1-9(17)10-2-7-14(13(16)8-10)18-12-5-3-11(15)4-6-12/h2-9,17H,1H3. The summed E-state index contributed by atoms with van der Waals surface area (Å²) in [5.74, 6) is 0.208. The van der Waals surface area contributed by atoms with E-state index >= 15 is 0 Å². The molecule has 1 atom stereocenters. The Morgan fingerprint density at radius 1 is 1.17 bits per heavy atom. The number of aliphatic hydroxyl groups excluding tert-OH is 1. The van der Waals surface area contributed by atoms with E-state index in [1.54, 1.807) is 25.1 Å². The first kappa shape index (κ1) is 13.1. The van der Waals surface area contributed by atoms with Gasteiger partial charge in [0, 0.05) is 4.47 Å². The van der Waals surface area contributed by atoms with E-state index < -0.39 is 11.9 Å². The van der Waals surface area contributed by atoms with Gasteiger partial charge in [-0.1, -0.05) is 22.0 Å². The molecule has 0 aliphatic carbocycles. The fraction of sp³-hybridized carbons (Fsp3) is 0.143. The molecule has 0 aromatic heterocycles. The summed E-state index contributed by atoms with van der Waals surface area (Å²) in [6, 6.07) is 11.5. The van der Waals surface area contributed by atoms with Gasteiger partial charge in [0.1, 0.15) is 5.75 Å². The lowest BCUT2D eigenvalue weighted by atomic mass is 10.1. The second kappa shape index (κ2) is 5.50. The van der Waals surface area contributed by atoms with Gasteiger partial charge < -0.3 is 9.84 Å². The third kappa shape index (κ3) is 3.09. The van der Waals surface area contributed by atoms with Crippen LogP contribution in [0.25, 0.3) is 0 Å². The maximum atomic E-state index is 13.7. The highest BCUT2D eigenvalue weighted by Crippen LogP contribution is 2.27. The van der Waals surface area contributed by atoms with Crippen LogP contribution in [-0.4, -0.2) is 5.11 Å². The second-order valence-electron chi connectivity index (χ2n) is 3.92. The van der Waals surface area contributed by atoms with E-state index in [1.807, 2.05) is 12.1 Å². The molecule has 0 saturated heterocycles. The number of aliphatic hydroxyl groups is 1. The minimum atomic E-state index is -0.693. The van der Waals surface area contributed by atoms with Crippen LogP contribution in [-0.2, 0) is 0 Å². The highest BCUT2D eigenvalue weighted by molar-refractivity contribution is 9.10. The summed E-state index contributed by atoms with van der Waals surface area (Å²) in [5.41, 5.74) is 0.524. The topological polar surface area (TPSA) is 29.5 Å². The smallest absolute Gasteiger partial charge is 0.166 e. The van der Waals surface area contributed by atoms with E-state index in [0.29, 0.717) is 11.3 Å². The Morgan fingerprint density at radius 3 is 2.39 bits per heavy atom. The highest BCUT2D eigenvalue weighted by Gasteiger charge is 2.08. The molecule has 94 valence electrons. The van der Waals surface area contributed by atoms with E-state index in [1.165, 1.54) is 12.1 Å². The molecule has 1 unspecified atom stereocenters. The van der Waals surface area contributed by atoms with Crippen molar-refractivity contribution in [3.05, 3.63) is 58.3 Å². The Balaban J connectivity index is 2.22. The van der Waals surface area contributed by atoms with Crippen molar-refractivity contribution in [2.24, 2.45) is 0 Å². The van der Waals surface area contributed by atoms with Gasteiger partial charge in [-0.3, -0.25) is 0 Å². The fourth-order valence-electron chi connectivity index (χ4n) is 1.49. The van der Waals surface area contributed by atoms with Crippen molar-refractivity contribution in [2.45, 2.75) is 13.0 Å². The SMILES string of the molecule is CC(O)c1ccc(Oc2ccc(Br)cc2)c(F)c1. The molecule has 0 fully saturated rings. The van der Waals surface area contributed by atoms with Crippen molar-refractivity contribution < 1.29 is 14.2 Å². The van der Waals surface area contributed by atoms with Gasteiger partial charge in [0.05, 0.1) is 6.10 Å². The minimum Gasteiger partial charge on any atom is -0.454 e. The predicted octanol–water partition coefficient (Wildman–Crippen LogP) is 4.43. The largest absolute Gasteiger partial charge is 0.454 e. The van der Waals surface area contributed by atoms with Crippen molar-refractivity contribution in [3.63, 3.8) is 0 Å². The normalized spacial score (nSPS) is 12.2. The van der Waals surface area contributed by atoms with Crippen molar-refractivity contribution in [2.75, 3.05) is 0 Å². The number of benzene rings is 2. The number of hydrogen-bond donors (Lipinski definition) is 1. The van der Waals surface area contributed by atoms with Crippen LogP contribution in [0.2, 0.25) is 0 Å². The summed E-state index contributed by atoms with van der Waals surface area (Å²) in [6.45, 7) is 1.59. The highest BCUT2D eigenvalue weighted by atomic mass is 79.9. The molecule has 18 heavy (non-hydrogen) atoms. The Labute approximate surface area is 113 Å². The average molecular weight is 311 g/mol. The molecule has 4 heteroatoms. The van der Waals surface area contributed by atoms with Crippen molar-refractivity contribution in [1.29, 1.82) is 0 Å². The van der Waals surface area contributed by atoms with Crippen molar-refractivity contribution in [3.8, 4) is 11.5 Å². The Hall–Kier alpha value is -1.39. The maximum Gasteiger partial charge on any atom is 0.166 e. The van der Waals surface area contributed by atoms with E-state index in [2.05, 4.69) is 15.9 Å². The molecule has 2 aromatic carbocycles. The number of hydrogen-bond acceptors (Lipinski definition) is 2. The summed E-state index contributed by atoms with van der Waals surface area (Å²) in [4.78, 5) is 0. The average Bonchev–Trinajstić information content (AvgIpc) is 2.34. The van der Waals surface area contributed by atoms with Gasteiger partial charge in [-0.2, -0.15) is 0 Å². The van der Waals surface area contributed by atoms with Crippen LogP contribution < -0.4 is 4.74 Å². The monoisotopic (exact) mass is 310 g/mol. The van der Waals surface area contributed by atoms with E-state index in [-0.39, 0.29) is 5.75 Å². The van der Waals surface area contributed by atoms with Gasteiger partial charge in [-0.25, -0.2) is 4.39 Å². The minimum absolute atomic E-state index is 0.140. The zero-order chi connectivity index (χ0) is 13.1. The van der Waals surface area contributed by atoms with Gasteiger partial charge in [-0.05, 0) is 48.9 Å². The molecular formula is C14H12BrFO2. The van der Waals surface area contributed by atoms with Crippen LogP contribution in [0.1, 0.15) is 18.6 Å². The van der Waals surface area contributed by atoms with Gasteiger partial charge in [0.15, 0.2) is 11.6 Å². The summed E-state index contributed by atoms with van der Waals surface area (Å²) < 4.78 is 20.1. The maximum absolute atomic E-state index is 13.7. The zero-order valence-corrected chi connectivity index (χ0v) is 11.3. The van der Waals surface area contributed by atoms with Crippen LogP contribution in [0.3, 0.4) is 0 Å². The molecule has 0 amide bonds. The molecule has 0 aliphatic heterocycles. The van der Waals surface area contributed by atoms with E-state index in [0.717, 1.165) is 4.47 Å². The lowest BCUT2D eigenvalue weighted by Crippen LogP contribution is -1.94. The van der Waals surface area contributed by atoms with E-state index in [4.69, 9.17) is 4.74 Å². The van der Waals surface area contributed by atoms with Gasteiger partial charge in [-0.15, -0.1) is 0 Å². The number of rotatable bonds is 3. The first-order chi connectivity index (χ1) is 8.56.